The van der Waals surface area contributed by atoms with Crippen LogP contribution in [0.3, 0.4) is 0 Å². The van der Waals surface area contributed by atoms with Gasteiger partial charge in [0.2, 0.25) is 0 Å². The molecule has 0 bridgehead atoms. The number of carbonyl (C=O) groups excluding carboxylic acids is 1. The predicted octanol–water partition coefficient (Wildman–Crippen LogP) is 4.58. The summed E-state index contributed by atoms with van der Waals surface area (Å²) in [5, 5.41) is 6.28. The number of nitrogens with zero attached hydrogens (tertiary/aromatic N) is 1. The van der Waals surface area contributed by atoms with Gasteiger partial charge in [-0.2, -0.15) is 0 Å². The lowest BCUT2D eigenvalue weighted by Crippen LogP contribution is -2.08. The number of rotatable bonds is 3. The third kappa shape index (κ3) is 2.99. The molecular weight excluding hydrogens is 310 g/mol. The summed E-state index contributed by atoms with van der Waals surface area (Å²) in [5.41, 5.74) is 0.965. The highest BCUT2D eigenvalue weighted by molar-refractivity contribution is 7.13. The summed E-state index contributed by atoms with van der Waals surface area (Å²) in [7, 11) is 0. The lowest BCUT2D eigenvalue weighted by atomic mass is 10.2. The zero-order chi connectivity index (χ0) is 14.8. The van der Waals surface area contributed by atoms with Crippen LogP contribution >= 0.6 is 22.9 Å². The van der Waals surface area contributed by atoms with Crippen LogP contribution in [-0.2, 0) is 0 Å². The van der Waals surface area contributed by atoms with Crippen LogP contribution in [-0.4, -0.2) is 11.1 Å². The number of hydrogen-bond acceptors (Lipinski definition) is 5. The lowest BCUT2D eigenvalue weighted by Gasteiger charge is -2.03. The quantitative estimate of drug-likeness (QED) is 0.523. The van der Waals surface area contributed by atoms with E-state index in [1.807, 2.05) is 24.4 Å². The molecule has 2 aromatic heterocycles. The van der Waals surface area contributed by atoms with E-state index in [4.69, 9.17) is 20.9 Å². The maximum absolute atomic E-state index is 12.0. The van der Waals surface area contributed by atoms with Crippen LogP contribution in [0.15, 0.2) is 46.3 Å². The number of ether oxygens (including phenoxy) is 1. The third-order valence-corrected chi connectivity index (χ3v) is 4.13. The van der Waals surface area contributed by atoms with E-state index in [1.165, 1.54) is 11.3 Å². The van der Waals surface area contributed by atoms with Gasteiger partial charge in [0.25, 0.3) is 0 Å². The monoisotopic (exact) mass is 319 g/mol. The van der Waals surface area contributed by atoms with Gasteiger partial charge in [0, 0.05) is 11.1 Å². The zero-order valence-corrected chi connectivity index (χ0v) is 12.6. The van der Waals surface area contributed by atoms with Gasteiger partial charge in [-0.1, -0.05) is 22.8 Å². The van der Waals surface area contributed by atoms with Crippen molar-refractivity contribution in [1.29, 1.82) is 0 Å². The van der Waals surface area contributed by atoms with Gasteiger partial charge >= 0.3 is 5.97 Å². The van der Waals surface area contributed by atoms with Crippen LogP contribution < -0.4 is 4.74 Å². The topological polar surface area (TPSA) is 52.3 Å². The fraction of sp³-hybridized carbons (Fsp3) is 0.0667. The highest BCUT2D eigenvalue weighted by Gasteiger charge is 2.16. The largest absolute Gasteiger partial charge is 0.422 e. The van der Waals surface area contributed by atoms with Gasteiger partial charge < -0.3 is 9.26 Å². The Morgan fingerprint density at radius 3 is 2.90 bits per heavy atom. The van der Waals surface area contributed by atoms with Crippen LogP contribution in [0.4, 0.5) is 0 Å². The molecule has 3 rings (SSSR count). The molecule has 0 fully saturated rings. The van der Waals surface area contributed by atoms with Gasteiger partial charge in [-0.05, 0) is 42.1 Å². The molecule has 0 amide bonds. The molecule has 0 radical (unpaired) electrons. The van der Waals surface area contributed by atoms with E-state index in [9.17, 15) is 4.79 Å². The minimum atomic E-state index is -0.566. The molecule has 0 unspecified atom stereocenters. The van der Waals surface area contributed by atoms with Gasteiger partial charge in [0.15, 0.2) is 11.5 Å². The van der Waals surface area contributed by atoms with Gasteiger partial charge in [0.1, 0.15) is 5.75 Å². The van der Waals surface area contributed by atoms with Crippen molar-refractivity contribution >= 4 is 28.9 Å². The first-order valence-electron chi connectivity index (χ1n) is 6.12. The Morgan fingerprint density at radius 2 is 2.19 bits per heavy atom. The van der Waals surface area contributed by atoms with Crippen LogP contribution in [0.1, 0.15) is 16.1 Å². The number of hydrogen-bond donors (Lipinski definition) is 0. The number of aromatic nitrogens is 1. The molecule has 0 N–H and O–H groups in total. The van der Waals surface area contributed by atoms with E-state index in [-0.39, 0.29) is 5.69 Å². The fourth-order valence-electron chi connectivity index (χ4n) is 1.75. The summed E-state index contributed by atoms with van der Waals surface area (Å²) in [5.74, 6) is 0.398. The minimum absolute atomic E-state index is 0.131. The second kappa shape index (κ2) is 5.71. The SMILES string of the molecule is Cc1cc(OC(=O)c2cc(-c3cccs3)on2)ccc1Cl. The first-order valence-corrected chi connectivity index (χ1v) is 7.38. The molecule has 0 spiro atoms. The van der Waals surface area contributed by atoms with E-state index in [0.29, 0.717) is 16.5 Å². The maximum atomic E-state index is 12.0. The lowest BCUT2D eigenvalue weighted by molar-refractivity contribution is 0.0724. The molecule has 21 heavy (non-hydrogen) atoms. The van der Waals surface area contributed by atoms with Crippen molar-refractivity contribution < 1.29 is 14.1 Å². The predicted molar refractivity (Wildman–Crippen MR) is 81.0 cm³/mol. The molecule has 3 aromatic rings. The first kappa shape index (κ1) is 13.9. The Labute approximate surface area is 129 Å². The smallest absolute Gasteiger partial charge is 0.365 e. The Balaban J connectivity index is 1.78. The van der Waals surface area contributed by atoms with Crippen molar-refractivity contribution in [1.82, 2.24) is 5.16 Å². The summed E-state index contributed by atoms with van der Waals surface area (Å²) in [4.78, 5) is 12.9. The molecule has 0 saturated heterocycles. The fourth-order valence-corrected chi connectivity index (χ4v) is 2.54. The maximum Gasteiger partial charge on any atom is 0.365 e. The van der Waals surface area contributed by atoms with Crippen LogP contribution in [0.2, 0.25) is 5.02 Å². The summed E-state index contributed by atoms with van der Waals surface area (Å²) >= 11 is 7.44. The Kier molecular flexibility index (Phi) is 3.77. The molecule has 0 aliphatic carbocycles. The van der Waals surface area contributed by atoms with Crippen molar-refractivity contribution in [2.24, 2.45) is 0 Å². The Hall–Kier alpha value is -2.11. The summed E-state index contributed by atoms with van der Waals surface area (Å²) in [6.07, 6.45) is 0. The molecule has 0 aliphatic rings. The van der Waals surface area contributed by atoms with Gasteiger partial charge in [-0.15, -0.1) is 11.3 Å². The molecule has 106 valence electrons. The number of benzene rings is 1. The van der Waals surface area contributed by atoms with E-state index < -0.39 is 5.97 Å². The van der Waals surface area contributed by atoms with E-state index in [2.05, 4.69) is 5.16 Å². The highest BCUT2D eigenvalue weighted by Crippen LogP contribution is 2.26. The van der Waals surface area contributed by atoms with Crippen LogP contribution in [0.25, 0.3) is 10.6 Å². The second-order valence-electron chi connectivity index (χ2n) is 4.35. The standard InChI is InChI=1S/C15H10ClNO3S/c1-9-7-10(4-5-11(9)16)19-15(18)12-8-13(20-17-12)14-3-2-6-21-14/h2-8H,1H3. The molecule has 0 aliphatic heterocycles. The second-order valence-corrected chi connectivity index (χ2v) is 5.71. The normalized spacial score (nSPS) is 10.6. The number of carbonyl (C=O) groups is 1. The third-order valence-electron chi connectivity index (χ3n) is 2.82. The van der Waals surface area contributed by atoms with Crippen molar-refractivity contribution in [3.63, 3.8) is 0 Å². The van der Waals surface area contributed by atoms with Gasteiger partial charge in [-0.3, -0.25) is 0 Å². The van der Waals surface area contributed by atoms with Crippen LogP contribution in [0.5, 0.6) is 5.75 Å². The molecule has 0 atom stereocenters. The van der Waals surface area contributed by atoms with Gasteiger partial charge in [0.05, 0.1) is 4.88 Å². The molecule has 2 heterocycles. The van der Waals surface area contributed by atoms with Gasteiger partial charge in [-0.25, -0.2) is 4.79 Å². The summed E-state index contributed by atoms with van der Waals surface area (Å²) < 4.78 is 10.4. The van der Waals surface area contributed by atoms with Crippen molar-refractivity contribution in [2.75, 3.05) is 0 Å². The number of halogens is 1. The van der Waals surface area contributed by atoms with Crippen molar-refractivity contribution in [2.45, 2.75) is 6.92 Å². The number of aryl methyl sites for hydroxylation is 1. The van der Waals surface area contributed by atoms with Crippen LogP contribution in [0, 0.1) is 6.92 Å². The minimum Gasteiger partial charge on any atom is -0.422 e. The average molecular weight is 320 g/mol. The Bertz CT molecular complexity index is 780. The van der Waals surface area contributed by atoms with E-state index in [0.717, 1.165) is 10.4 Å². The molecule has 4 nitrogen and oxygen atoms in total. The van der Waals surface area contributed by atoms with E-state index in [1.54, 1.807) is 24.3 Å². The molecule has 1 aromatic carbocycles. The average Bonchev–Trinajstić information content (AvgIpc) is 3.12. The summed E-state index contributed by atoms with van der Waals surface area (Å²) in [6, 6.07) is 10.4. The first-order chi connectivity index (χ1) is 10.1. The number of esters is 1. The van der Waals surface area contributed by atoms with Crippen molar-refractivity contribution in [3.05, 3.63) is 58.1 Å². The molecule has 6 heteroatoms. The highest BCUT2D eigenvalue weighted by atomic mass is 35.5. The van der Waals surface area contributed by atoms with E-state index >= 15 is 0 Å². The van der Waals surface area contributed by atoms with Crippen molar-refractivity contribution in [3.8, 4) is 16.4 Å². The number of thiophene rings is 1. The summed E-state index contributed by atoms with van der Waals surface area (Å²) in [6.45, 7) is 1.84. The molecular formula is C15H10ClNO3S. The zero-order valence-electron chi connectivity index (χ0n) is 11.0. The Morgan fingerprint density at radius 1 is 1.33 bits per heavy atom. The molecule has 0 saturated carbocycles.